The topological polar surface area (TPSA) is 6.25 Å². The van der Waals surface area contributed by atoms with Crippen LogP contribution in [0.3, 0.4) is 0 Å². The fourth-order valence-electron chi connectivity index (χ4n) is 6.98. The van der Waals surface area contributed by atoms with Gasteiger partial charge < -0.3 is 4.90 Å². The summed E-state index contributed by atoms with van der Waals surface area (Å²) in [7, 11) is 0. The van der Waals surface area contributed by atoms with Crippen molar-refractivity contribution in [2.45, 2.75) is 97.3 Å². The van der Waals surface area contributed by atoms with Crippen LogP contribution in [0.15, 0.2) is 82.6 Å². The molecular formula is C38H46Cl3N2+. The number of anilines is 1. The van der Waals surface area contributed by atoms with Gasteiger partial charge in [-0.3, -0.25) is 0 Å². The molecule has 0 fully saturated rings. The number of rotatable bonds is 9. The second kappa shape index (κ2) is 13.0. The predicted molar refractivity (Wildman–Crippen MR) is 188 cm³/mol. The first-order valence-corrected chi connectivity index (χ1v) is 17.1. The van der Waals surface area contributed by atoms with E-state index in [-0.39, 0.29) is 10.8 Å². The van der Waals surface area contributed by atoms with Crippen molar-refractivity contribution in [3.8, 4) is 0 Å². The van der Waals surface area contributed by atoms with Crippen LogP contribution in [0.1, 0.15) is 97.6 Å². The third-order valence-corrected chi connectivity index (χ3v) is 10.5. The van der Waals surface area contributed by atoms with Gasteiger partial charge in [0, 0.05) is 62.5 Å². The maximum atomic E-state index is 7.18. The summed E-state index contributed by atoms with van der Waals surface area (Å²) in [5.74, 6) is 0. The molecule has 0 saturated carbocycles. The minimum Gasteiger partial charge on any atom is -0.344 e. The molecule has 0 N–H and O–H groups in total. The van der Waals surface area contributed by atoms with Gasteiger partial charge in [0.05, 0.1) is 5.41 Å². The van der Waals surface area contributed by atoms with Crippen LogP contribution in [0.4, 0.5) is 11.4 Å². The van der Waals surface area contributed by atoms with E-state index in [0.29, 0.717) is 0 Å². The first-order valence-electron chi connectivity index (χ1n) is 16.0. The van der Waals surface area contributed by atoms with Crippen LogP contribution >= 0.6 is 34.8 Å². The molecule has 0 saturated heterocycles. The molecule has 0 unspecified atom stereocenters. The molecule has 1 aliphatic carbocycles. The van der Waals surface area contributed by atoms with Crippen LogP contribution in [0.25, 0.3) is 0 Å². The summed E-state index contributed by atoms with van der Waals surface area (Å²) in [6, 6.07) is 12.7. The molecule has 0 atom stereocenters. The lowest BCUT2D eigenvalue weighted by Gasteiger charge is -2.27. The van der Waals surface area contributed by atoms with E-state index in [0.717, 1.165) is 73.1 Å². The Hall–Kier alpha value is -2.26. The van der Waals surface area contributed by atoms with Crippen LogP contribution in [-0.2, 0) is 10.8 Å². The zero-order chi connectivity index (χ0) is 30.9. The van der Waals surface area contributed by atoms with E-state index >= 15 is 0 Å². The average Bonchev–Trinajstić information content (AvgIpc) is 3.31. The summed E-state index contributed by atoms with van der Waals surface area (Å²) < 4.78 is 2.49. The van der Waals surface area contributed by atoms with Crippen LogP contribution in [0.5, 0.6) is 0 Å². The molecule has 0 aromatic heterocycles. The lowest BCUT2D eigenvalue weighted by atomic mass is 9.81. The molecule has 5 heteroatoms. The molecule has 2 aromatic rings. The third-order valence-electron chi connectivity index (χ3n) is 9.52. The zero-order valence-electron chi connectivity index (χ0n) is 26.7. The van der Waals surface area contributed by atoms with Crippen LogP contribution in [0, 0.1) is 0 Å². The van der Waals surface area contributed by atoms with Crippen molar-refractivity contribution in [2.24, 2.45) is 0 Å². The molecule has 0 radical (unpaired) electrons. The smallest absolute Gasteiger partial charge is 0.209 e. The molecule has 0 bridgehead atoms. The summed E-state index contributed by atoms with van der Waals surface area (Å²) in [5, 5.41) is 2.48. The highest BCUT2D eigenvalue weighted by Gasteiger charge is 2.44. The summed E-state index contributed by atoms with van der Waals surface area (Å²) in [4.78, 5) is 2.49. The number of halogens is 3. The molecular weight excluding hydrogens is 591 g/mol. The van der Waals surface area contributed by atoms with Crippen molar-refractivity contribution in [1.82, 2.24) is 0 Å². The Morgan fingerprint density at radius 1 is 0.814 bits per heavy atom. The largest absolute Gasteiger partial charge is 0.344 e. The normalized spacial score (nSPS) is 21.1. The third kappa shape index (κ3) is 6.18. The van der Waals surface area contributed by atoms with Crippen LogP contribution < -0.4 is 4.90 Å². The molecule has 2 nitrogen and oxygen atoms in total. The van der Waals surface area contributed by atoms with Crippen molar-refractivity contribution in [3.63, 3.8) is 0 Å². The summed E-state index contributed by atoms with van der Waals surface area (Å²) in [6.07, 6.45) is 16.8. The Morgan fingerprint density at radius 3 is 2.23 bits per heavy atom. The molecule has 43 heavy (non-hydrogen) atoms. The first-order chi connectivity index (χ1) is 20.5. The highest BCUT2D eigenvalue weighted by Crippen LogP contribution is 2.49. The molecule has 2 heterocycles. The number of hydrogen-bond acceptors (Lipinski definition) is 1. The number of benzene rings is 2. The maximum Gasteiger partial charge on any atom is 0.209 e. The molecule has 0 amide bonds. The summed E-state index contributed by atoms with van der Waals surface area (Å²) >= 11 is 20.1. The predicted octanol–water partition coefficient (Wildman–Crippen LogP) is 11.8. The minimum absolute atomic E-state index is 0.136. The van der Waals surface area contributed by atoms with E-state index in [1.165, 1.54) is 45.1 Å². The molecule has 5 rings (SSSR count). The number of fused-ring (bicyclic) bond motifs is 2. The van der Waals surface area contributed by atoms with Gasteiger partial charge in [0.15, 0.2) is 5.71 Å². The van der Waals surface area contributed by atoms with Gasteiger partial charge in [-0.2, -0.15) is 4.58 Å². The van der Waals surface area contributed by atoms with E-state index in [1.807, 2.05) is 12.1 Å². The Balaban J connectivity index is 1.50. The van der Waals surface area contributed by atoms with E-state index in [9.17, 15) is 0 Å². The maximum absolute atomic E-state index is 7.18. The number of unbranched alkanes of at least 4 members (excludes halogenated alkanes) is 2. The second-order valence-electron chi connectivity index (χ2n) is 13.2. The summed E-state index contributed by atoms with van der Waals surface area (Å²) in [5.41, 5.74) is 9.91. The minimum atomic E-state index is -0.136. The lowest BCUT2D eigenvalue weighted by Crippen LogP contribution is -2.28. The van der Waals surface area contributed by atoms with Gasteiger partial charge >= 0.3 is 0 Å². The summed E-state index contributed by atoms with van der Waals surface area (Å²) in [6.45, 7) is 15.7. The van der Waals surface area contributed by atoms with E-state index in [2.05, 4.69) is 99.6 Å². The number of allylic oxidation sites excluding steroid dienone is 8. The van der Waals surface area contributed by atoms with E-state index in [4.69, 9.17) is 34.8 Å². The van der Waals surface area contributed by atoms with Gasteiger partial charge in [0.2, 0.25) is 5.69 Å². The highest BCUT2D eigenvalue weighted by molar-refractivity contribution is 6.33. The van der Waals surface area contributed by atoms with Gasteiger partial charge in [0.25, 0.3) is 0 Å². The average molecular weight is 637 g/mol. The highest BCUT2D eigenvalue weighted by atomic mass is 35.5. The quantitative estimate of drug-likeness (QED) is 0.248. The number of nitrogens with zero attached hydrogens (tertiary/aromatic N) is 2. The van der Waals surface area contributed by atoms with Crippen LogP contribution in [0.2, 0.25) is 10.0 Å². The van der Waals surface area contributed by atoms with Gasteiger partial charge in [-0.15, -0.1) is 0 Å². The van der Waals surface area contributed by atoms with Gasteiger partial charge in [0.1, 0.15) is 6.54 Å². The molecule has 228 valence electrons. The Bertz CT molecular complexity index is 1550. The second-order valence-corrected chi connectivity index (χ2v) is 14.5. The van der Waals surface area contributed by atoms with Crippen molar-refractivity contribution < 1.29 is 4.58 Å². The van der Waals surface area contributed by atoms with Crippen molar-refractivity contribution in [3.05, 3.63) is 104 Å². The van der Waals surface area contributed by atoms with Gasteiger partial charge in [-0.25, -0.2) is 0 Å². The van der Waals surface area contributed by atoms with Crippen molar-refractivity contribution >= 4 is 51.9 Å². The standard InChI is InChI=1S/C38H46Cl3N2/c1-7-9-22-42-32-18-16-28(39)24-30(32)37(3,4)34(42)20-14-26-12-11-13-27(36(26)41)15-21-35-38(5,6)31-25-29(40)17-19-33(31)43(35)23-10-8-2/h14-21,24-25H,7-13,22-23H2,1-6H3/q+1. The fraction of sp³-hybridized carbons (Fsp3) is 0.447. The van der Waals surface area contributed by atoms with Gasteiger partial charge in [-0.1, -0.05) is 87.5 Å². The van der Waals surface area contributed by atoms with E-state index < -0.39 is 0 Å². The Kier molecular flexibility index (Phi) is 9.72. The first kappa shape index (κ1) is 32.1. The Morgan fingerprint density at radius 2 is 1.51 bits per heavy atom. The SMILES string of the molecule is CCCCN1C(=CC=C2CCCC(C=CC3=[N+](CCCC)c4ccc(Cl)cc4C3(C)C)=C2Cl)C(C)(C)c2cc(Cl)ccc21. The number of hydrogen-bond donors (Lipinski definition) is 0. The monoisotopic (exact) mass is 635 g/mol. The lowest BCUT2D eigenvalue weighted by molar-refractivity contribution is -0.438. The molecule has 3 aliphatic rings. The van der Waals surface area contributed by atoms with Crippen LogP contribution in [-0.4, -0.2) is 23.4 Å². The zero-order valence-corrected chi connectivity index (χ0v) is 28.9. The molecule has 2 aliphatic heterocycles. The molecule has 2 aromatic carbocycles. The molecule has 0 spiro atoms. The van der Waals surface area contributed by atoms with E-state index in [1.54, 1.807) is 0 Å². The van der Waals surface area contributed by atoms with Crippen molar-refractivity contribution in [1.29, 1.82) is 0 Å². The Labute approximate surface area is 274 Å². The van der Waals surface area contributed by atoms with Crippen molar-refractivity contribution in [2.75, 3.05) is 18.0 Å². The fourth-order valence-corrected chi connectivity index (χ4v) is 7.64. The van der Waals surface area contributed by atoms with Gasteiger partial charge in [-0.05, 0) is 92.6 Å².